The fourth-order valence-corrected chi connectivity index (χ4v) is 1.48. The Morgan fingerprint density at radius 2 is 2.56 bits per heavy atom. The fraction of sp³-hybridized carbons (Fsp3) is 0.250. The van der Waals surface area contributed by atoms with Crippen LogP contribution < -0.4 is 5.32 Å². The van der Waals surface area contributed by atoms with Crippen molar-refractivity contribution < 1.29 is 4.42 Å². The van der Waals surface area contributed by atoms with Gasteiger partial charge in [0.1, 0.15) is 5.76 Å². The average Bonchev–Trinajstić information content (AvgIpc) is 2.96. The second-order valence-corrected chi connectivity index (χ2v) is 3.63. The Balaban J connectivity index is 1.89. The predicted octanol–water partition coefficient (Wildman–Crippen LogP) is 2.43. The van der Waals surface area contributed by atoms with Gasteiger partial charge in [0.05, 0.1) is 18.5 Å². The Kier molecular flexibility index (Phi) is 3.22. The molecule has 0 bridgehead atoms. The van der Waals surface area contributed by atoms with Crippen LogP contribution in [-0.2, 0) is 6.54 Å². The predicted molar refractivity (Wildman–Crippen MR) is 62.6 cm³/mol. The molecule has 0 saturated heterocycles. The quantitative estimate of drug-likeness (QED) is 0.836. The van der Waals surface area contributed by atoms with Crippen LogP contribution in [0.1, 0.15) is 24.3 Å². The Bertz CT molecular complexity index is 445. The highest BCUT2D eigenvalue weighted by Crippen LogP contribution is 2.12. The standard InChI is InChI=1S/C12H15N3O/c1-3-15-9-11(8-14-15)7-13-10(2)12-5-4-6-16-12/h3-6,8-10,13H,1,7H2,2H3/t10-/m1/s1. The number of nitrogens with zero attached hydrogens (tertiary/aromatic N) is 2. The lowest BCUT2D eigenvalue weighted by Crippen LogP contribution is -2.17. The normalized spacial score (nSPS) is 12.6. The summed E-state index contributed by atoms with van der Waals surface area (Å²) in [6.07, 6.45) is 7.11. The SMILES string of the molecule is C=Cn1cc(CN[C@H](C)c2ccco2)cn1. The van der Waals surface area contributed by atoms with Gasteiger partial charge in [-0.05, 0) is 19.1 Å². The zero-order valence-electron chi connectivity index (χ0n) is 9.26. The summed E-state index contributed by atoms with van der Waals surface area (Å²) in [6, 6.07) is 4.05. The summed E-state index contributed by atoms with van der Waals surface area (Å²) < 4.78 is 7.00. The number of rotatable bonds is 5. The maximum atomic E-state index is 5.31. The van der Waals surface area contributed by atoms with E-state index in [9.17, 15) is 0 Å². The molecular formula is C12H15N3O. The summed E-state index contributed by atoms with van der Waals surface area (Å²) in [5.74, 6) is 0.941. The van der Waals surface area contributed by atoms with E-state index in [-0.39, 0.29) is 6.04 Å². The highest BCUT2D eigenvalue weighted by molar-refractivity contribution is 5.17. The van der Waals surface area contributed by atoms with Crippen LogP contribution in [0.25, 0.3) is 6.20 Å². The molecule has 4 nitrogen and oxygen atoms in total. The topological polar surface area (TPSA) is 43.0 Å². The van der Waals surface area contributed by atoms with Gasteiger partial charge in [-0.2, -0.15) is 5.10 Å². The van der Waals surface area contributed by atoms with Gasteiger partial charge in [-0.3, -0.25) is 0 Å². The lowest BCUT2D eigenvalue weighted by molar-refractivity contribution is 0.430. The van der Waals surface area contributed by atoms with Gasteiger partial charge in [0, 0.05) is 24.5 Å². The molecule has 16 heavy (non-hydrogen) atoms. The first-order valence-electron chi connectivity index (χ1n) is 5.22. The van der Waals surface area contributed by atoms with E-state index < -0.39 is 0 Å². The third kappa shape index (κ3) is 2.41. The van der Waals surface area contributed by atoms with Crippen LogP contribution in [0.15, 0.2) is 41.8 Å². The van der Waals surface area contributed by atoms with E-state index in [0.29, 0.717) is 0 Å². The minimum Gasteiger partial charge on any atom is -0.468 e. The number of hydrogen-bond acceptors (Lipinski definition) is 3. The van der Waals surface area contributed by atoms with E-state index in [0.717, 1.165) is 17.9 Å². The molecule has 84 valence electrons. The van der Waals surface area contributed by atoms with Crippen LogP contribution in [0.2, 0.25) is 0 Å². The van der Waals surface area contributed by atoms with Gasteiger partial charge in [0.15, 0.2) is 0 Å². The van der Waals surface area contributed by atoms with Crippen LogP contribution in [0.4, 0.5) is 0 Å². The molecule has 0 aliphatic heterocycles. The molecule has 2 aromatic heterocycles. The van der Waals surface area contributed by atoms with Gasteiger partial charge in [-0.25, -0.2) is 4.68 Å². The Morgan fingerprint density at radius 3 is 3.19 bits per heavy atom. The van der Waals surface area contributed by atoms with Gasteiger partial charge in [-0.1, -0.05) is 6.58 Å². The molecular weight excluding hydrogens is 202 g/mol. The van der Waals surface area contributed by atoms with E-state index in [4.69, 9.17) is 4.42 Å². The molecule has 0 amide bonds. The molecule has 0 aliphatic carbocycles. The number of aromatic nitrogens is 2. The first-order valence-corrected chi connectivity index (χ1v) is 5.22. The molecule has 0 aliphatic rings. The molecule has 1 atom stereocenters. The summed E-state index contributed by atoms with van der Waals surface area (Å²) in [7, 11) is 0. The van der Waals surface area contributed by atoms with Crippen molar-refractivity contribution in [1.29, 1.82) is 0 Å². The molecule has 0 unspecified atom stereocenters. The van der Waals surface area contributed by atoms with Crippen molar-refractivity contribution in [3.05, 3.63) is 48.7 Å². The van der Waals surface area contributed by atoms with Crippen LogP contribution in [0.3, 0.4) is 0 Å². The maximum Gasteiger partial charge on any atom is 0.120 e. The smallest absolute Gasteiger partial charge is 0.120 e. The zero-order valence-corrected chi connectivity index (χ0v) is 9.26. The van der Waals surface area contributed by atoms with Crippen LogP contribution >= 0.6 is 0 Å². The highest BCUT2D eigenvalue weighted by atomic mass is 16.3. The van der Waals surface area contributed by atoms with E-state index >= 15 is 0 Å². The molecule has 2 aromatic rings. The molecule has 4 heteroatoms. The molecule has 2 rings (SSSR count). The van der Waals surface area contributed by atoms with Gasteiger partial charge in [-0.15, -0.1) is 0 Å². The van der Waals surface area contributed by atoms with Crippen molar-refractivity contribution in [2.45, 2.75) is 19.5 Å². The monoisotopic (exact) mass is 217 g/mol. The Morgan fingerprint density at radius 1 is 1.69 bits per heavy atom. The molecule has 0 saturated carbocycles. The van der Waals surface area contributed by atoms with Crippen molar-refractivity contribution in [3.8, 4) is 0 Å². The summed E-state index contributed by atoms with van der Waals surface area (Å²) in [5, 5.41) is 7.47. The fourth-order valence-electron chi connectivity index (χ4n) is 1.48. The van der Waals surface area contributed by atoms with Crippen LogP contribution in [0, 0.1) is 0 Å². The molecule has 1 N–H and O–H groups in total. The Hall–Kier alpha value is -1.81. The molecule has 0 fully saturated rings. The number of hydrogen-bond donors (Lipinski definition) is 1. The lowest BCUT2D eigenvalue weighted by atomic mass is 10.2. The van der Waals surface area contributed by atoms with Crippen molar-refractivity contribution in [2.75, 3.05) is 0 Å². The minimum atomic E-state index is 0.196. The van der Waals surface area contributed by atoms with E-state index in [1.165, 1.54) is 0 Å². The lowest BCUT2D eigenvalue weighted by Gasteiger charge is -2.09. The number of nitrogens with one attached hydrogen (secondary N) is 1. The maximum absolute atomic E-state index is 5.31. The van der Waals surface area contributed by atoms with Crippen LogP contribution in [-0.4, -0.2) is 9.78 Å². The minimum absolute atomic E-state index is 0.196. The largest absolute Gasteiger partial charge is 0.468 e. The first kappa shape index (κ1) is 10.7. The molecule has 2 heterocycles. The second kappa shape index (κ2) is 4.81. The van der Waals surface area contributed by atoms with Gasteiger partial charge < -0.3 is 9.73 Å². The summed E-state index contributed by atoms with van der Waals surface area (Å²) in [4.78, 5) is 0. The second-order valence-electron chi connectivity index (χ2n) is 3.63. The van der Waals surface area contributed by atoms with Crippen molar-refractivity contribution >= 4 is 6.20 Å². The third-order valence-corrected chi connectivity index (χ3v) is 2.42. The van der Waals surface area contributed by atoms with Crippen LogP contribution in [0.5, 0.6) is 0 Å². The Labute approximate surface area is 94.6 Å². The zero-order chi connectivity index (χ0) is 11.4. The van der Waals surface area contributed by atoms with E-state index in [2.05, 4.69) is 23.9 Å². The molecule has 0 spiro atoms. The summed E-state index contributed by atoms with van der Waals surface area (Å²) in [5.41, 5.74) is 1.12. The van der Waals surface area contributed by atoms with Gasteiger partial charge in [0.25, 0.3) is 0 Å². The number of furan rings is 1. The highest BCUT2D eigenvalue weighted by Gasteiger charge is 2.07. The summed E-state index contributed by atoms with van der Waals surface area (Å²) in [6.45, 7) is 6.47. The molecule has 0 radical (unpaired) electrons. The first-order chi connectivity index (χ1) is 7.79. The summed E-state index contributed by atoms with van der Waals surface area (Å²) >= 11 is 0. The van der Waals surface area contributed by atoms with Gasteiger partial charge in [0.2, 0.25) is 0 Å². The van der Waals surface area contributed by atoms with Gasteiger partial charge >= 0.3 is 0 Å². The average molecular weight is 217 g/mol. The third-order valence-electron chi connectivity index (χ3n) is 2.42. The molecule has 0 aromatic carbocycles. The van der Waals surface area contributed by atoms with Crippen molar-refractivity contribution in [3.63, 3.8) is 0 Å². The van der Waals surface area contributed by atoms with Crippen molar-refractivity contribution in [1.82, 2.24) is 15.1 Å². The van der Waals surface area contributed by atoms with Crippen molar-refractivity contribution in [2.24, 2.45) is 0 Å². The van der Waals surface area contributed by atoms with E-state index in [1.807, 2.05) is 24.5 Å². The van der Waals surface area contributed by atoms with E-state index in [1.54, 1.807) is 17.1 Å².